The van der Waals surface area contributed by atoms with Crippen LogP contribution < -0.4 is 10.1 Å². The summed E-state index contributed by atoms with van der Waals surface area (Å²) in [5.41, 5.74) is 1.59. The molecule has 2 heterocycles. The van der Waals surface area contributed by atoms with Crippen LogP contribution in [0.2, 0.25) is 0 Å². The van der Waals surface area contributed by atoms with Crippen molar-refractivity contribution >= 4 is 17.7 Å². The number of pyridine rings is 1. The molecule has 1 amide bonds. The number of rotatable bonds is 8. The van der Waals surface area contributed by atoms with Crippen LogP contribution in [-0.4, -0.2) is 61.5 Å². The fourth-order valence-corrected chi connectivity index (χ4v) is 3.58. The van der Waals surface area contributed by atoms with Gasteiger partial charge >= 0.3 is 0 Å². The molecular formula is C20H25N3O3S. The average molecular weight is 388 g/mol. The minimum atomic E-state index is -0.122. The highest BCUT2D eigenvalue weighted by molar-refractivity contribution is 7.99. The summed E-state index contributed by atoms with van der Waals surface area (Å²) in [5.74, 6) is 1.66. The summed E-state index contributed by atoms with van der Waals surface area (Å²) in [6.45, 7) is 5.15. The van der Waals surface area contributed by atoms with Crippen LogP contribution in [0.15, 0.2) is 47.6 Å². The largest absolute Gasteiger partial charge is 0.497 e. The average Bonchev–Trinajstić information content (AvgIpc) is 2.73. The van der Waals surface area contributed by atoms with E-state index in [4.69, 9.17) is 9.47 Å². The molecule has 0 radical (unpaired) electrons. The second kappa shape index (κ2) is 10.3. The number of methoxy groups -OCH3 is 1. The molecule has 1 aliphatic rings. The predicted molar refractivity (Wildman–Crippen MR) is 106 cm³/mol. The summed E-state index contributed by atoms with van der Waals surface area (Å²) in [6.07, 6.45) is 1.64. The van der Waals surface area contributed by atoms with Crippen LogP contribution in [0.1, 0.15) is 15.9 Å². The molecule has 144 valence electrons. The van der Waals surface area contributed by atoms with Crippen LogP contribution in [0.3, 0.4) is 0 Å². The molecule has 1 saturated heterocycles. The number of ether oxygens (including phenoxy) is 2. The summed E-state index contributed by atoms with van der Waals surface area (Å²) in [7, 11) is 1.63. The van der Waals surface area contributed by atoms with E-state index in [1.54, 1.807) is 25.1 Å². The van der Waals surface area contributed by atoms with Crippen LogP contribution in [0.4, 0.5) is 0 Å². The Morgan fingerprint density at radius 1 is 1.22 bits per heavy atom. The van der Waals surface area contributed by atoms with E-state index in [-0.39, 0.29) is 5.91 Å². The van der Waals surface area contributed by atoms with Gasteiger partial charge in [0.25, 0.3) is 5.91 Å². The van der Waals surface area contributed by atoms with Gasteiger partial charge in [0.2, 0.25) is 0 Å². The van der Waals surface area contributed by atoms with Gasteiger partial charge in [0, 0.05) is 38.1 Å². The number of benzene rings is 1. The number of nitrogens with zero attached hydrogens (tertiary/aromatic N) is 2. The van der Waals surface area contributed by atoms with Crippen molar-refractivity contribution in [3.05, 3.63) is 53.7 Å². The molecule has 0 spiro atoms. The zero-order valence-electron chi connectivity index (χ0n) is 15.5. The second-order valence-electron chi connectivity index (χ2n) is 6.22. The van der Waals surface area contributed by atoms with Crippen LogP contribution in [0.5, 0.6) is 5.75 Å². The number of thioether (sulfide) groups is 1. The van der Waals surface area contributed by atoms with Gasteiger partial charge in [-0.3, -0.25) is 9.69 Å². The monoisotopic (exact) mass is 387 g/mol. The minimum absolute atomic E-state index is 0.122. The van der Waals surface area contributed by atoms with Crippen molar-refractivity contribution < 1.29 is 14.3 Å². The molecule has 6 nitrogen and oxygen atoms in total. The number of morpholine rings is 1. The molecule has 0 atom stereocenters. The highest BCUT2D eigenvalue weighted by atomic mass is 32.2. The highest BCUT2D eigenvalue weighted by Crippen LogP contribution is 2.16. The van der Waals surface area contributed by atoms with Gasteiger partial charge < -0.3 is 14.8 Å². The van der Waals surface area contributed by atoms with E-state index in [2.05, 4.69) is 15.2 Å². The van der Waals surface area contributed by atoms with Gasteiger partial charge in [-0.1, -0.05) is 12.1 Å². The van der Waals surface area contributed by atoms with Gasteiger partial charge in [-0.05, 0) is 29.8 Å². The third kappa shape index (κ3) is 6.23. The molecule has 1 aromatic carbocycles. The lowest BCUT2D eigenvalue weighted by Crippen LogP contribution is -2.37. The van der Waals surface area contributed by atoms with Crippen LogP contribution in [-0.2, 0) is 11.3 Å². The standard InChI is InChI=1S/C20H25N3O3S/c1-25-18-5-2-16(3-6-18)14-22-20(24)17-4-7-19(21-15-17)27-13-10-23-8-11-26-12-9-23/h2-7,15H,8-14H2,1H3,(H,22,24). The minimum Gasteiger partial charge on any atom is -0.497 e. The number of nitrogens with one attached hydrogen (secondary N) is 1. The number of amides is 1. The SMILES string of the molecule is COc1ccc(CNC(=O)c2ccc(SCCN3CCOCC3)nc2)cc1. The predicted octanol–water partition coefficient (Wildman–Crippen LogP) is 2.44. The van der Waals surface area contributed by atoms with Gasteiger partial charge in [-0.2, -0.15) is 0 Å². The maximum atomic E-state index is 12.3. The summed E-state index contributed by atoms with van der Waals surface area (Å²) in [5, 5.41) is 3.85. The zero-order chi connectivity index (χ0) is 18.9. The van der Waals surface area contributed by atoms with Crippen molar-refractivity contribution in [3.63, 3.8) is 0 Å². The van der Waals surface area contributed by atoms with E-state index in [1.165, 1.54) is 0 Å². The molecule has 7 heteroatoms. The summed E-state index contributed by atoms with van der Waals surface area (Å²) >= 11 is 1.71. The lowest BCUT2D eigenvalue weighted by molar-refractivity contribution is 0.0410. The van der Waals surface area contributed by atoms with Crippen LogP contribution >= 0.6 is 11.8 Å². The lowest BCUT2D eigenvalue weighted by atomic mass is 10.2. The molecule has 0 unspecified atom stereocenters. The summed E-state index contributed by atoms with van der Waals surface area (Å²) in [6, 6.07) is 11.4. The Balaban J connectivity index is 1.42. The third-order valence-corrected chi connectivity index (χ3v) is 5.30. The summed E-state index contributed by atoms with van der Waals surface area (Å²) in [4.78, 5) is 19.1. The van der Waals surface area contributed by atoms with Crippen LogP contribution in [0, 0.1) is 0 Å². The molecule has 2 aromatic rings. The Labute approximate surface area is 164 Å². The quantitative estimate of drug-likeness (QED) is 0.702. The van der Waals surface area contributed by atoms with Crippen molar-refractivity contribution in [2.45, 2.75) is 11.6 Å². The van der Waals surface area contributed by atoms with E-state index in [0.717, 1.165) is 54.9 Å². The first-order valence-electron chi connectivity index (χ1n) is 9.04. The normalized spacial score (nSPS) is 14.7. The maximum absolute atomic E-state index is 12.3. The van der Waals surface area contributed by atoms with Gasteiger partial charge in [0.1, 0.15) is 5.75 Å². The van der Waals surface area contributed by atoms with Gasteiger partial charge in [-0.25, -0.2) is 4.98 Å². The summed E-state index contributed by atoms with van der Waals surface area (Å²) < 4.78 is 10.5. The molecule has 0 saturated carbocycles. The Morgan fingerprint density at radius 3 is 2.67 bits per heavy atom. The molecule has 27 heavy (non-hydrogen) atoms. The number of aromatic nitrogens is 1. The maximum Gasteiger partial charge on any atom is 0.253 e. The zero-order valence-corrected chi connectivity index (χ0v) is 16.3. The third-order valence-electron chi connectivity index (χ3n) is 4.37. The Morgan fingerprint density at radius 2 is 2.00 bits per heavy atom. The fourth-order valence-electron chi connectivity index (χ4n) is 2.73. The van der Waals surface area contributed by atoms with Crippen molar-refractivity contribution in [2.75, 3.05) is 45.7 Å². The Kier molecular flexibility index (Phi) is 7.50. The lowest BCUT2D eigenvalue weighted by Gasteiger charge is -2.26. The first-order valence-corrected chi connectivity index (χ1v) is 10.0. The molecule has 1 aromatic heterocycles. The van der Waals surface area contributed by atoms with Gasteiger partial charge in [0.05, 0.1) is 30.9 Å². The first-order chi connectivity index (χ1) is 13.2. The van der Waals surface area contributed by atoms with Crippen molar-refractivity contribution in [1.29, 1.82) is 0 Å². The van der Waals surface area contributed by atoms with E-state index in [0.29, 0.717) is 12.1 Å². The topological polar surface area (TPSA) is 63.7 Å². The van der Waals surface area contributed by atoms with Gasteiger partial charge in [-0.15, -0.1) is 11.8 Å². The van der Waals surface area contributed by atoms with E-state index < -0.39 is 0 Å². The molecule has 1 aliphatic heterocycles. The Bertz CT molecular complexity index is 716. The smallest absolute Gasteiger partial charge is 0.253 e. The molecule has 1 N–H and O–H groups in total. The highest BCUT2D eigenvalue weighted by Gasteiger charge is 2.10. The number of hydrogen-bond donors (Lipinski definition) is 1. The van der Waals surface area contributed by atoms with Crippen molar-refractivity contribution in [3.8, 4) is 5.75 Å². The van der Waals surface area contributed by atoms with E-state index in [9.17, 15) is 4.79 Å². The molecule has 0 bridgehead atoms. The van der Waals surface area contributed by atoms with E-state index >= 15 is 0 Å². The van der Waals surface area contributed by atoms with Crippen LogP contribution in [0.25, 0.3) is 0 Å². The number of carbonyl (C=O) groups excluding carboxylic acids is 1. The number of hydrogen-bond acceptors (Lipinski definition) is 6. The Hall–Kier alpha value is -2.09. The molecule has 1 fully saturated rings. The van der Waals surface area contributed by atoms with Gasteiger partial charge in [0.15, 0.2) is 0 Å². The first kappa shape index (κ1) is 19.7. The van der Waals surface area contributed by atoms with Crippen molar-refractivity contribution in [2.24, 2.45) is 0 Å². The second-order valence-corrected chi connectivity index (χ2v) is 7.33. The van der Waals surface area contributed by atoms with Crippen molar-refractivity contribution in [1.82, 2.24) is 15.2 Å². The fraction of sp³-hybridized carbons (Fsp3) is 0.400. The number of carbonyl (C=O) groups is 1. The molecule has 3 rings (SSSR count). The molecule has 0 aliphatic carbocycles. The molecular weight excluding hydrogens is 362 g/mol. The van der Waals surface area contributed by atoms with E-state index in [1.807, 2.05) is 36.4 Å².